The number of ether oxygens (including phenoxy) is 2. The molecule has 230 valence electrons. The van der Waals surface area contributed by atoms with Gasteiger partial charge in [0.25, 0.3) is 9.84 Å². The van der Waals surface area contributed by atoms with Gasteiger partial charge < -0.3 is 13.9 Å². The van der Waals surface area contributed by atoms with E-state index in [1.807, 2.05) is 0 Å². The number of para-hydroxylation sites is 1. The average Bonchev–Trinajstić information content (AvgIpc) is 3.35. The molecular formula is C27H17F9O6S. The minimum atomic E-state index is -7.47. The van der Waals surface area contributed by atoms with Gasteiger partial charge in [0.15, 0.2) is 11.4 Å². The van der Waals surface area contributed by atoms with E-state index < -0.39 is 66.1 Å². The van der Waals surface area contributed by atoms with E-state index in [2.05, 4.69) is 0 Å². The van der Waals surface area contributed by atoms with Crippen LogP contribution in [0.25, 0.3) is 22.3 Å². The third-order valence-electron chi connectivity index (χ3n) is 6.35. The lowest BCUT2D eigenvalue weighted by molar-refractivity contribution is -0.382. The molecule has 0 saturated carbocycles. The maximum atomic E-state index is 14.8. The summed E-state index contributed by atoms with van der Waals surface area (Å²) in [6.45, 7) is 0. The number of fused-ring (bicyclic) bond motifs is 1. The van der Waals surface area contributed by atoms with Crippen molar-refractivity contribution in [3.05, 3.63) is 77.9 Å². The normalized spacial score (nSPS) is 13.3. The Kier molecular flexibility index (Phi) is 7.75. The number of carbonyl (C=O) groups excluding carboxylic acids is 1. The van der Waals surface area contributed by atoms with Crippen molar-refractivity contribution in [3.63, 3.8) is 0 Å². The van der Waals surface area contributed by atoms with Crippen LogP contribution >= 0.6 is 0 Å². The fourth-order valence-electron chi connectivity index (χ4n) is 4.03. The van der Waals surface area contributed by atoms with Crippen LogP contribution in [-0.4, -0.2) is 51.7 Å². The van der Waals surface area contributed by atoms with Gasteiger partial charge >= 0.3 is 23.3 Å². The van der Waals surface area contributed by atoms with Crippen molar-refractivity contribution < 1.29 is 66.6 Å². The number of methoxy groups -OCH3 is 2. The first-order valence-electron chi connectivity index (χ1n) is 11.7. The van der Waals surface area contributed by atoms with Crippen molar-refractivity contribution in [2.24, 2.45) is 0 Å². The fourth-order valence-corrected chi connectivity index (χ4v) is 5.43. The zero-order valence-electron chi connectivity index (χ0n) is 21.6. The van der Waals surface area contributed by atoms with E-state index in [1.54, 1.807) is 0 Å². The average molecular weight is 640 g/mol. The smallest absolute Gasteiger partial charge is 0.460 e. The van der Waals surface area contributed by atoms with Crippen molar-refractivity contribution in [2.45, 2.75) is 28.2 Å². The van der Waals surface area contributed by atoms with Crippen LogP contribution in [0.5, 0.6) is 11.5 Å². The maximum Gasteiger partial charge on any atom is 0.460 e. The number of benzene rings is 3. The summed E-state index contributed by atoms with van der Waals surface area (Å²) in [5, 5.41) is -7.56. The van der Waals surface area contributed by atoms with Gasteiger partial charge in [0.05, 0.1) is 19.8 Å². The lowest BCUT2D eigenvalue weighted by Crippen LogP contribution is -2.63. The Morgan fingerprint density at radius 2 is 1.23 bits per heavy atom. The molecule has 0 spiro atoms. The Balaban J connectivity index is 2.01. The van der Waals surface area contributed by atoms with E-state index in [1.165, 1.54) is 62.8 Å². The van der Waals surface area contributed by atoms with Crippen LogP contribution in [0.4, 0.5) is 39.5 Å². The number of alkyl halides is 9. The summed E-state index contributed by atoms with van der Waals surface area (Å²) in [5.41, 5.74) is -1.67. The first-order valence-corrected chi connectivity index (χ1v) is 13.1. The summed E-state index contributed by atoms with van der Waals surface area (Å²) in [4.78, 5) is 11.8. The highest BCUT2D eigenvalue weighted by atomic mass is 32.2. The van der Waals surface area contributed by atoms with Gasteiger partial charge in [-0.2, -0.15) is 39.5 Å². The first kappa shape index (κ1) is 31.7. The highest BCUT2D eigenvalue weighted by molar-refractivity contribution is 7.92. The van der Waals surface area contributed by atoms with Gasteiger partial charge in [-0.25, -0.2) is 8.42 Å². The van der Waals surface area contributed by atoms with Crippen LogP contribution in [0.1, 0.15) is 15.9 Å². The Bertz CT molecular complexity index is 1780. The molecule has 0 aliphatic rings. The fraction of sp³-hybridized carbons (Fsp3) is 0.222. The number of furan rings is 1. The Hall–Kier alpha value is -4.21. The minimum absolute atomic E-state index is 0.0258. The van der Waals surface area contributed by atoms with Crippen LogP contribution in [0.15, 0.2) is 76.0 Å². The molecule has 3 aromatic carbocycles. The van der Waals surface area contributed by atoms with Crippen LogP contribution in [0, 0.1) is 0 Å². The molecule has 0 unspecified atom stereocenters. The largest absolute Gasteiger partial charge is 0.497 e. The number of halogens is 9. The molecule has 0 aliphatic heterocycles. The third kappa shape index (κ3) is 4.86. The molecule has 0 radical (unpaired) electrons. The van der Waals surface area contributed by atoms with Gasteiger partial charge in [0.2, 0.25) is 0 Å². The molecule has 1 aromatic heterocycles. The molecule has 0 fully saturated rings. The Morgan fingerprint density at radius 3 is 1.72 bits per heavy atom. The molecule has 4 rings (SSSR count). The predicted molar refractivity (Wildman–Crippen MR) is 133 cm³/mol. The quantitative estimate of drug-likeness (QED) is 0.139. The van der Waals surface area contributed by atoms with Crippen LogP contribution < -0.4 is 9.47 Å². The maximum absolute atomic E-state index is 14.8. The van der Waals surface area contributed by atoms with Crippen molar-refractivity contribution in [1.82, 2.24) is 0 Å². The van der Waals surface area contributed by atoms with Gasteiger partial charge in [-0.1, -0.05) is 12.1 Å². The summed E-state index contributed by atoms with van der Waals surface area (Å²) < 4.78 is 164. The van der Waals surface area contributed by atoms with Crippen molar-refractivity contribution in [3.8, 4) is 22.8 Å². The molecule has 0 N–H and O–H groups in total. The molecule has 1 heterocycles. The summed E-state index contributed by atoms with van der Waals surface area (Å²) in [6, 6.07) is 12.6. The molecule has 6 nitrogen and oxygen atoms in total. The van der Waals surface area contributed by atoms with E-state index >= 15 is 0 Å². The molecule has 43 heavy (non-hydrogen) atoms. The number of hydrogen-bond donors (Lipinski definition) is 0. The lowest BCUT2D eigenvalue weighted by Gasteiger charge is -2.33. The Labute approximate surface area is 236 Å². The highest BCUT2D eigenvalue weighted by Gasteiger charge is 2.85. The third-order valence-corrected chi connectivity index (χ3v) is 8.19. The standard InChI is InChI=1S/C27H17F9O6S/c1-40-16-10-6-14(7-11-16)21(37)20-18-4-3-5-19(23(18)42-22(20)15-8-12-17(41-2)13-9-15)43(38,39)27(35,36)25(30,31)24(28,29)26(32,33)34/h3-13H,1-2H3. The topological polar surface area (TPSA) is 82.8 Å². The number of sulfone groups is 1. The number of hydrogen-bond acceptors (Lipinski definition) is 6. The summed E-state index contributed by atoms with van der Waals surface area (Å²) in [7, 11) is -4.40. The second kappa shape index (κ2) is 10.5. The van der Waals surface area contributed by atoms with E-state index in [-0.39, 0.29) is 17.2 Å². The summed E-state index contributed by atoms with van der Waals surface area (Å²) in [5.74, 6) is -15.6. The molecule has 4 aromatic rings. The molecule has 0 atom stereocenters. The van der Waals surface area contributed by atoms with Crippen LogP contribution in [-0.2, 0) is 9.84 Å². The highest BCUT2D eigenvalue weighted by Crippen LogP contribution is 2.56. The van der Waals surface area contributed by atoms with Gasteiger partial charge in [-0.15, -0.1) is 0 Å². The van der Waals surface area contributed by atoms with E-state index in [4.69, 9.17) is 13.9 Å². The number of ketones is 1. The second-order valence-corrected chi connectivity index (χ2v) is 10.9. The van der Waals surface area contributed by atoms with Crippen molar-refractivity contribution in [1.29, 1.82) is 0 Å². The molecule has 16 heteroatoms. The predicted octanol–water partition coefficient (Wildman–Crippen LogP) is 7.55. The number of rotatable bonds is 9. The van der Waals surface area contributed by atoms with Gasteiger partial charge in [-0.3, -0.25) is 4.79 Å². The minimum Gasteiger partial charge on any atom is -0.497 e. The molecule has 0 bridgehead atoms. The monoisotopic (exact) mass is 640 g/mol. The van der Waals surface area contributed by atoms with Gasteiger partial charge in [0, 0.05) is 16.5 Å². The Morgan fingerprint density at radius 1 is 0.721 bits per heavy atom. The second-order valence-electron chi connectivity index (χ2n) is 8.89. The zero-order valence-corrected chi connectivity index (χ0v) is 22.4. The van der Waals surface area contributed by atoms with Crippen molar-refractivity contribution >= 4 is 26.6 Å². The van der Waals surface area contributed by atoms with Crippen LogP contribution in [0.2, 0.25) is 0 Å². The van der Waals surface area contributed by atoms with E-state index in [9.17, 15) is 52.7 Å². The summed E-state index contributed by atoms with van der Waals surface area (Å²) in [6.07, 6.45) is -7.24. The first-order chi connectivity index (χ1) is 19.8. The van der Waals surface area contributed by atoms with E-state index in [0.29, 0.717) is 17.6 Å². The zero-order chi connectivity index (χ0) is 32.2. The molecule has 0 saturated heterocycles. The summed E-state index contributed by atoms with van der Waals surface area (Å²) >= 11 is 0. The lowest BCUT2D eigenvalue weighted by atomic mass is 9.97. The molecule has 0 amide bonds. The van der Waals surface area contributed by atoms with E-state index in [0.717, 1.165) is 6.07 Å². The van der Waals surface area contributed by atoms with Gasteiger partial charge in [0.1, 0.15) is 22.2 Å². The van der Waals surface area contributed by atoms with Gasteiger partial charge in [-0.05, 0) is 54.6 Å². The van der Waals surface area contributed by atoms with Crippen molar-refractivity contribution in [2.75, 3.05) is 14.2 Å². The van der Waals surface area contributed by atoms with Crippen LogP contribution in [0.3, 0.4) is 0 Å². The number of carbonyl (C=O) groups is 1. The molecule has 0 aliphatic carbocycles. The molecular weight excluding hydrogens is 623 g/mol. The SMILES string of the molecule is COc1ccc(C(=O)c2c(-c3ccc(OC)cc3)oc3c(S(=O)(=O)C(F)(F)C(F)(F)C(F)(F)C(F)(F)F)cccc23)cc1.